The monoisotopic (exact) mass is 471 g/mol. The number of carbonyl (C=O) groups is 1. The molecule has 3 heterocycles. The van der Waals surface area contributed by atoms with Crippen LogP contribution >= 0.6 is 0 Å². The van der Waals surface area contributed by atoms with Crippen LogP contribution < -0.4 is 15.5 Å². The lowest BCUT2D eigenvalue weighted by Gasteiger charge is -2.36. The Morgan fingerprint density at radius 2 is 1.97 bits per heavy atom. The van der Waals surface area contributed by atoms with Gasteiger partial charge in [-0.1, -0.05) is 6.92 Å². The van der Waals surface area contributed by atoms with Gasteiger partial charge in [0.1, 0.15) is 5.82 Å². The molecule has 1 saturated carbocycles. The molecule has 0 bridgehead atoms. The second-order valence-corrected chi connectivity index (χ2v) is 11.2. The van der Waals surface area contributed by atoms with Gasteiger partial charge in [0.2, 0.25) is 0 Å². The van der Waals surface area contributed by atoms with Gasteiger partial charge >= 0.3 is 6.03 Å². The van der Waals surface area contributed by atoms with E-state index in [-0.39, 0.29) is 23.9 Å². The van der Waals surface area contributed by atoms with E-state index < -0.39 is 15.1 Å². The SMILES string of the molecule is CCC1c2c(nc(-c3ccc(NC(=O)NC4CC4)cc3)nc2N2CCOCC2C)CS1(=O)=O. The average Bonchev–Trinajstić information content (AvgIpc) is 3.54. The molecular formula is C23H29N5O4S. The predicted octanol–water partition coefficient (Wildman–Crippen LogP) is 3.03. The first-order chi connectivity index (χ1) is 15.9. The van der Waals surface area contributed by atoms with Gasteiger partial charge in [-0.3, -0.25) is 0 Å². The Balaban J connectivity index is 1.49. The summed E-state index contributed by atoms with van der Waals surface area (Å²) in [6.07, 6.45) is 2.55. The second-order valence-electron chi connectivity index (χ2n) is 9.00. The van der Waals surface area contributed by atoms with Crippen LogP contribution in [0.3, 0.4) is 0 Å². The van der Waals surface area contributed by atoms with Crippen molar-refractivity contribution in [3.63, 3.8) is 0 Å². The first-order valence-electron chi connectivity index (χ1n) is 11.5. The summed E-state index contributed by atoms with van der Waals surface area (Å²) in [6, 6.07) is 7.47. The van der Waals surface area contributed by atoms with E-state index in [2.05, 4.69) is 27.4 Å². The first-order valence-corrected chi connectivity index (χ1v) is 13.2. The largest absolute Gasteiger partial charge is 0.377 e. The molecule has 176 valence electrons. The van der Waals surface area contributed by atoms with Gasteiger partial charge in [-0.2, -0.15) is 0 Å². The molecule has 1 aromatic heterocycles. The topological polar surface area (TPSA) is 114 Å². The highest BCUT2D eigenvalue weighted by molar-refractivity contribution is 7.91. The number of amides is 2. The maximum absolute atomic E-state index is 12.9. The average molecular weight is 472 g/mol. The molecule has 2 amide bonds. The van der Waals surface area contributed by atoms with Crippen LogP contribution in [0.1, 0.15) is 49.6 Å². The summed E-state index contributed by atoms with van der Waals surface area (Å²) in [7, 11) is -3.31. The summed E-state index contributed by atoms with van der Waals surface area (Å²) < 4.78 is 31.4. The standard InChI is InChI=1S/C23H29N5O4S/c1-3-19-20-18(13-33(19,30)31)26-21(27-22(20)28-10-11-32-12-14(28)2)15-4-6-16(7-5-15)24-23(29)25-17-8-9-17/h4-7,14,17,19H,3,8-13H2,1-2H3,(H2,24,25,29). The fourth-order valence-electron chi connectivity index (χ4n) is 4.54. The highest BCUT2D eigenvalue weighted by atomic mass is 32.2. The molecule has 2 atom stereocenters. The molecule has 2 unspecified atom stereocenters. The number of sulfone groups is 1. The Bertz CT molecular complexity index is 1160. The van der Waals surface area contributed by atoms with Crippen LogP contribution in [-0.4, -0.2) is 56.3 Å². The second kappa shape index (κ2) is 8.57. The Morgan fingerprint density at radius 3 is 2.64 bits per heavy atom. The van der Waals surface area contributed by atoms with E-state index in [4.69, 9.17) is 9.72 Å². The summed E-state index contributed by atoms with van der Waals surface area (Å²) in [5.74, 6) is 1.12. The molecule has 1 aliphatic carbocycles. The van der Waals surface area contributed by atoms with E-state index in [9.17, 15) is 13.2 Å². The molecular weight excluding hydrogens is 442 g/mol. The number of benzene rings is 1. The van der Waals surface area contributed by atoms with Crippen molar-refractivity contribution in [3.05, 3.63) is 35.5 Å². The zero-order valence-electron chi connectivity index (χ0n) is 18.9. The maximum Gasteiger partial charge on any atom is 0.319 e. The first kappa shape index (κ1) is 22.1. The van der Waals surface area contributed by atoms with Gasteiger partial charge in [0, 0.05) is 29.4 Å². The van der Waals surface area contributed by atoms with Gasteiger partial charge in [-0.25, -0.2) is 23.2 Å². The number of anilines is 2. The summed E-state index contributed by atoms with van der Waals surface area (Å²) in [4.78, 5) is 23.7. The smallest absolute Gasteiger partial charge is 0.319 e. The van der Waals surface area contributed by atoms with Crippen molar-refractivity contribution >= 4 is 27.4 Å². The third kappa shape index (κ3) is 4.41. The minimum absolute atomic E-state index is 0.0664. The molecule has 0 radical (unpaired) electrons. The molecule has 5 rings (SSSR count). The van der Waals surface area contributed by atoms with E-state index in [1.807, 2.05) is 19.1 Å². The van der Waals surface area contributed by atoms with Gasteiger partial charge in [0.25, 0.3) is 0 Å². The van der Waals surface area contributed by atoms with Crippen molar-refractivity contribution < 1.29 is 17.9 Å². The van der Waals surface area contributed by atoms with Crippen molar-refractivity contribution in [1.82, 2.24) is 15.3 Å². The Hall–Kier alpha value is -2.72. The molecule has 0 spiro atoms. The number of urea groups is 1. The Kier molecular flexibility index (Phi) is 5.74. The number of nitrogens with one attached hydrogen (secondary N) is 2. The molecule has 10 heteroatoms. The third-order valence-electron chi connectivity index (χ3n) is 6.42. The van der Waals surface area contributed by atoms with Crippen molar-refractivity contribution in [3.8, 4) is 11.4 Å². The highest BCUT2D eigenvalue weighted by Gasteiger charge is 2.41. The van der Waals surface area contributed by atoms with E-state index in [0.717, 1.165) is 24.0 Å². The quantitative estimate of drug-likeness (QED) is 0.689. The normalized spacial score (nSPS) is 23.8. The van der Waals surface area contributed by atoms with Crippen LogP contribution in [0.2, 0.25) is 0 Å². The number of morpholine rings is 1. The fraction of sp³-hybridized carbons (Fsp3) is 0.522. The van der Waals surface area contributed by atoms with Crippen molar-refractivity contribution in [1.29, 1.82) is 0 Å². The van der Waals surface area contributed by atoms with Gasteiger partial charge in [0.15, 0.2) is 15.7 Å². The number of rotatable bonds is 5. The van der Waals surface area contributed by atoms with Gasteiger partial charge in [-0.05, 0) is 50.5 Å². The maximum atomic E-state index is 12.9. The summed E-state index contributed by atoms with van der Waals surface area (Å²) in [5, 5.41) is 5.15. The third-order valence-corrected chi connectivity index (χ3v) is 8.53. The van der Waals surface area contributed by atoms with E-state index in [1.165, 1.54) is 0 Å². The van der Waals surface area contributed by atoms with E-state index >= 15 is 0 Å². The molecule has 2 aromatic rings. The molecule has 9 nitrogen and oxygen atoms in total. The highest BCUT2D eigenvalue weighted by Crippen LogP contribution is 2.44. The van der Waals surface area contributed by atoms with Crippen LogP contribution in [-0.2, 0) is 20.3 Å². The lowest BCUT2D eigenvalue weighted by molar-refractivity contribution is 0.0984. The predicted molar refractivity (Wildman–Crippen MR) is 126 cm³/mol. The fourth-order valence-corrected chi connectivity index (χ4v) is 6.45. The number of aromatic nitrogens is 2. The lowest BCUT2D eigenvalue weighted by atomic mass is 10.1. The molecule has 2 aliphatic heterocycles. The summed E-state index contributed by atoms with van der Waals surface area (Å²) >= 11 is 0. The molecule has 2 fully saturated rings. The number of nitrogens with zero attached hydrogens (tertiary/aromatic N) is 3. The van der Waals surface area contributed by atoms with Crippen LogP contribution in [0.25, 0.3) is 11.4 Å². The number of carbonyl (C=O) groups excluding carboxylic acids is 1. The van der Waals surface area contributed by atoms with Gasteiger partial charge < -0.3 is 20.3 Å². The molecule has 1 aromatic carbocycles. The summed E-state index contributed by atoms with van der Waals surface area (Å²) in [6.45, 7) is 5.75. The zero-order chi connectivity index (χ0) is 23.2. The van der Waals surface area contributed by atoms with Gasteiger partial charge in [-0.15, -0.1) is 0 Å². The van der Waals surface area contributed by atoms with Gasteiger partial charge in [0.05, 0.1) is 36.0 Å². The number of ether oxygens (including phenoxy) is 1. The summed E-state index contributed by atoms with van der Waals surface area (Å²) in [5.41, 5.74) is 2.77. The van der Waals surface area contributed by atoms with Crippen molar-refractivity contribution in [2.75, 3.05) is 30.0 Å². The van der Waals surface area contributed by atoms with Crippen molar-refractivity contribution in [2.45, 2.75) is 56.2 Å². The van der Waals surface area contributed by atoms with E-state index in [0.29, 0.717) is 49.2 Å². The minimum atomic E-state index is -3.31. The van der Waals surface area contributed by atoms with E-state index in [1.54, 1.807) is 12.1 Å². The number of fused-ring (bicyclic) bond motifs is 1. The lowest BCUT2D eigenvalue weighted by Crippen LogP contribution is -2.44. The zero-order valence-corrected chi connectivity index (χ0v) is 19.7. The molecule has 1 saturated heterocycles. The molecule has 2 N–H and O–H groups in total. The number of hydrogen-bond donors (Lipinski definition) is 2. The Morgan fingerprint density at radius 1 is 1.21 bits per heavy atom. The minimum Gasteiger partial charge on any atom is -0.377 e. The van der Waals surface area contributed by atoms with Crippen molar-refractivity contribution in [2.24, 2.45) is 0 Å². The molecule has 33 heavy (non-hydrogen) atoms. The molecule has 3 aliphatic rings. The van der Waals surface area contributed by atoms with Crippen LogP contribution in [0.15, 0.2) is 24.3 Å². The number of hydrogen-bond acceptors (Lipinski definition) is 7. The van der Waals surface area contributed by atoms with Crippen LogP contribution in [0, 0.1) is 0 Å². The van der Waals surface area contributed by atoms with Crippen LogP contribution in [0.5, 0.6) is 0 Å². The van der Waals surface area contributed by atoms with Crippen LogP contribution in [0.4, 0.5) is 16.3 Å². The Labute approximate surface area is 193 Å².